The number of fused-ring (bicyclic) bond motifs is 3. The Morgan fingerprint density at radius 2 is 1.77 bits per heavy atom. The Balaban J connectivity index is 1.61. The molecule has 0 aliphatic carbocycles. The zero-order valence-electron chi connectivity index (χ0n) is 22.2. The Labute approximate surface area is 228 Å². The van der Waals surface area contributed by atoms with Crippen LogP contribution in [0.15, 0.2) is 79.0 Å². The maximum atomic E-state index is 14.8. The normalized spacial score (nSPS) is 17.8. The second-order valence-corrected chi connectivity index (χ2v) is 10.2. The number of nitrogens with zero attached hydrogens (tertiary/aromatic N) is 5. The van der Waals surface area contributed by atoms with E-state index in [1.54, 1.807) is 15.8 Å². The van der Waals surface area contributed by atoms with Crippen LogP contribution in [-0.4, -0.2) is 62.8 Å². The summed E-state index contributed by atoms with van der Waals surface area (Å²) >= 11 is 0. The molecule has 2 atom stereocenters. The topological polar surface area (TPSA) is 83.4 Å². The van der Waals surface area contributed by atoms with Crippen molar-refractivity contribution in [1.82, 2.24) is 30.1 Å². The van der Waals surface area contributed by atoms with E-state index in [9.17, 15) is 9.59 Å². The number of hydrogen-bond acceptors (Lipinski definition) is 5. The average molecular weight is 521 g/mol. The quantitative estimate of drug-likeness (QED) is 0.432. The third-order valence-corrected chi connectivity index (χ3v) is 7.75. The van der Waals surface area contributed by atoms with Crippen molar-refractivity contribution in [2.24, 2.45) is 0 Å². The molecule has 2 aliphatic heterocycles. The minimum Gasteiger partial charge on any atom is -0.338 e. The monoisotopic (exact) mass is 520 g/mol. The summed E-state index contributed by atoms with van der Waals surface area (Å²) in [7, 11) is 0. The van der Waals surface area contributed by atoms with Gasteiger partial charge >= 0.3 is 0 Å². The van der Waals surface area contributed by atoms with Gasteiger partial charge < -0.3 is 15.1 Å². The van der Waals surface area contributed by atoms with Crippen LogP contribution in [0.25, 0.3) is 5.69 Å². The summed E-state index contributed by atoms with van der Waals surface area (Å²) in [5.74, 6) is -0.281. The van der Waals surface area contributed by atoms with E-state index >= 15 is 0 Å². The number of hydrogen-bond donors (Lipinski definition) is 1. The first-order valence-electron chi connectivity index (χ1n) is 13.5. The number of benzene rings is 3. The summed E-state index contributed by atoms with van der Waals surface area (Å²) in [5, 5.41) is 12.0. The van der Waals surface area contributed by atoms with Crippen LogP contribution in [-0.2, 0) is 11.2 Å². The SMILES string of the molecule is CCc1ccc2c(c1)C(=O)N(C(C(=O)N1CCNCC1)c1ccccc1)C(c1ccc(C)cc1)c1cnnn1-2. The minimum absolute atomic E-state index is 0.0812. The van der Waals surface area contributed by atoms with Gasteiger partial charge in [0.2, 0.25) is 5.91 Å². The lowest BCUT2D eigenvalue weighted by Gasteiger charge is -2.40. The number of carbonyl (C=O) groups is 2. The molecule has 2 unspecified atom stereocenters. The average Bonchev–Trinajstić information content (AvgIpc) is 3.44. The van der Waals surface area contributed by atoms with Gasteiger partial charge in [-0.2, -0.15) is 0 Å². The highest BCUT2D eigenvalue weighted by Gasteiger charge is 2.44. The molecule has 4 aromatic rings. The number of aromatic nitrogens is 3. The molecule has 0 bridgehead atoms. The molecule has 8 heteroatoms. The molecule has 0 saturated carbocycles. The maximum Gasteiger partial charge on any atom is 0.257 e. The summed E-state index contributed by atoms with van der Waals surface area (Å²) in [4.78, 5) is 32.9. The third kappa shape index (κ3) is 4.51. The van der Waals surface area contributed by atoms with Crippen LogP contribution in [0.3, 0.4) is 0 Å². The van der Waals surface area contributed by atoms with E-state index in [1.165, 1.54) is 0 Å². The highest BCUT2D eigenvalue weighted by molar-refractivity contribution is 6.02. The van der Waals surface area contributed by atoms with Gasteiger partial charge in [0.25, 0.3) is 5.91 Å². The van der Waals surface area contributed by atoms with Crippen LogP contribution in [0, 0.1) is 6.92 Å². The number of aryl methyl sites for hydroxylation is 2. The molecule has 2 amide bonds. The lowest BCUT2D eigenvalue weighted by Crippen LogP contribution is -2.52. The van der Waals surface area contributed by atoms with Gasteiger partial charge in [0.05, 0.1) is 23.1 Å². The largest absolute Gasteiger partial charge is 0.338 e. The fraction of sp³-hybridized carbons (Fsp3) is 0.290. The van der Waals surface area contributed by atoms with E-state index in [0.29, 0.717) is 24.3 Å². The van der Waals surface area contributed by atoms with Crippen molar-refractivity contribution in [3.63, 3.8) is 0 Å². The Morgan fingerprint density at radius 3 is 2.49 bits per heavy atom. The molecule has 2 aliphatic rings. The first kappa shape index (κ1) is 25.0. The van der Waals surface area contributed by atoms with E-state index in [0.717, 1.165) is 47.5 Å². The summed E-state index contributed by atoms with van der Waals surface area (Å²) < 4.78 is 1.76. The lowest BCUT2D eigenvalue weighted by atomic mass is 9.94. The van der Waals surface area contributed by atoms with E-state index in [4.69, 9.17) is 0 Å². The van der Waals surface area contributed by atoms with E-state index in [2.05, 4.69) is 22.6 Å². The lowest BCUT2D eigenvalue weighted by molar-refractivity contribution is -0.137. The van der Waals surface area contributed by atoms with Crippen molar-refractivity contribution in [2.75, 3.05) is 26.2 Å². The molecule has 8 nitrogen and oxygen atoms in total. The molecule has 1 fully saturated rings. The molecule has 39 heavy (non-hydrogen) atoms. The Morgan fingerprint density at radius 1 is 1.03 bits per heavy atom. The van der Waals surface area contributed by atoms with Gasteiger partial charge in [-0.05, 0) is 42.2 Å². The second-order valence-electron chi connectivity index (χ2n) is 10.2. The van der Waals surface area contributed by atoms with Crippen LogP contribution in [0.5, 0.6) is 0 Å². The van der Waals surface area contributed by atoms with E-state index in [1.807, 2.05) is 84.6 Å². The van der Waals surface area contributed by atoms with Gasteiger partial charge in [-0.25, -0.2) is 4.68 Å². The highest BCUT2D eigenvalue weighted by Crippen LogP contribution is 2.41. The summed E-state index contributed by atoms with van der Waals surface area (Å²) in [6.07, 6.45) is 2.50. The predicted octanol–water partition coefficient (Wildman–Crippen LogP) is 3.86. The Hall–Kier alpha value is -4.30. The molecule has 3 aromatic carbocycles. The molecule has 6 rings (SSSR count). The van der Waals surface area contributed by atoms with Gasteiger partial charge in [-0.15, -0.1) is 5.10 Å². The van der Waals surface area contributed by atoms with Crippen molar-refractivity contribution in [3.05, 3.63) is 113 Å². The molecular formula is C31H32N6O2. The van der Waals surface area contributed by atoms with Gasteiger partial charge in [-0.1, -0.05) is 78.4 Å². The molecule has 1 N–H and O–H groups in total. The van der Waals surface area contributed by atoms with Gasteiger partial charge in [0.1, 0.15) is 12.1 Å². The number of rotatable bonds is 5. The first-order valence-corrected chi connectivity index (χ1v) is 13.5. The summed E-state index contributed by atoms with van der Waals surface area (Å²) in [6.45, 7) is 6.74. The van der Waals surface area contributed by atoms with E-state index in [-0.39, 0.29) is 11.8 Å². The van der Waals surface area contributed by atoms with E-state index < -0.39 is 12.1 Å². The maximum absolute atomic E-state index is 14.8. The summed E-state index contributed by atoms with van der Waals surface area (Å²) in [5.41, 5.74) is 5.77. The molecule has 1 aromatic heterocycles. The van der Waals surface area contributed by atoms with Crippen molar-refractivity contribution < 1.29 is 9.59 Å². The molecule has 1 saturated heterocycles. The number of carbonyl (C=O) groups excluding carboxylic acids is 2. The van der Waals surface area contributed by atoms with Gasteiger partial charge in [0.15, 0.2) is 0 Å². The number of nitrogens with one attached hydrogen (secondary N) is 1. The molecule has 3 heterocycles. The van der Waals surface area contributed by atoms with Crippen molar-refractivity contribution in [1.29, 1.82) is 0 Å². The molecule has 0 radical (unpaired) electrons. The second kappa shape index (κ2) is 10.5. The number of piperazine rings is 1. The van der Waals surface area contributed by atoms with Crippen LogP contribution < -0.4 is 5.32 Å². The first-order chi connectivity index (χ1) is 19.1. The molecular weight excluding hydrogens is 488 g/mol. The predicted molar refractivity (Wildman–Crippen MR) is 149 cm³/mol. The van der Waals surface area contributed by atoms with Crippen LogP contribution in [0.4, 0.5) is 0 Å². The van der Waals surface area contributed by atoms with Gasteiger partial charge in [-0.3, -0.25) is 9.59 Å². The zero-order chi connectivity index (χ0) is 26.9. The van der Waals surface area contributed by atoms with Crippen molar-refractivity contribution in [3.8, 4) is 5.69 Å². The van der Waals surface area contributed by atoms with Gasteiger partial charge in [0, 0.05) is 26.2 Å². The fourth-order valence-corrected chi connectivity index (χ4v) is 5.64. The minimum atomic E-state index is -0.831. The Kier molecular flexibility index (Phi) is 6.70. The van der Waals surface area contributed by atoms with Crippen LogP contribution in [0.1, 0.15) is 57.3 Å². The van der Waals surface area contributed by atoms with Crippen LogP contribution >= 0.6 is 0 Å². The fourth-order valence-electron chi connectivity index (χ4n) is 5.64. The standard InChI is InChI=1S/C31H32N6O2/c1-3-22-11-14-26-25(19-22)30(38)36(28(27-20-33-34-37(26)27)24-12-9-21(2)10-13-24)29(23-7-5-4-6-8-23)31(39)35-17-15-32-16-18-35/h4-14,19-20,28-29,32H,3,15-18H2,1-2H3. The molecule has 0 spiro atoms. The van der Waals surface area contributed by atoms with Crippen LogP contribution in [0.2, 0.25) is 0 Å². The van der Waals surface area contributed by atoms with Crippen molar-refractivity contribution in [2.45, 2.75) is 32.4 Å². The summed E-state index contributed by atoms with van der Waals surface area (Å²) in [6, 6.07) is 22.3. The smallest absolute Gasteiger partial charge is 0.257 e. The van der Waals surface area contributed by atoms with Crippen molar-refractivity contribution >= 4 is 11.8 Å². The number of amides is 2. The Bertz CT molecular complexity index is 1490. The highest BCUT2D eigenvalue weighted by atomic mass is 16.2. The third-order valence-electron chi connectivity index (χ3n) is 7.75. The zero-order valence-corrected chi connectivity index (χ0v) is 22.2. The molecule has 198 valence electrons.